The average molecular weight is 431 g/mol. The highest BCUT2D eigenvalue weighted by Crippen LogP contribution is 2.21. The van der Waals surface area contributed by atoms with Gasteiger partial charge in [0.15, 0.2) is 0 Å². The molecule has 0 aliphatic heterocycles. The summed E-state index contributed by atoms with van der Waals surface area (Å²) < 4.78 is 27.5. The molecule has 30 heavy (non-hydrogen) atoms. The van der Waals surface area contributed by atoms with E-state index in [0.29, 0.717) is 23.8 Å². The second kappa shape index (κ2) is 10.0. The van der Waals surface area contributed by atoms with Crippen LogP contribution in [0.2, 0.25) is 0 Å². The second-order valence-electron chi connectivity index (χ2n) is 7.86. The molecule has 1 aliphatic rings. The fourth-order valence-corrected chi connectivity index (χ4v) is 4.80. The Morgan fingerprint density at radius 1 is 1.00 bits per heavy atom. The monoisotopic (exact) mass is 430 g/mol. The predicted molar refractivity (Wildman–Crippen MR) is 118 cm³/mol. The first kappa shape index (κ1) is 22.2. The molecule has 162 valence electrons. The third kappa shape index (κ3) is 5.79. The zero-order valence-electron chi connectivity index (χ0n) is 17.6. The third-order valence-electron chi connectivity index (χ3n) is 5.68. The first-order chi connectivity index (χ1) is 14.4. The number of aromatic nitrogens is 1. The van der Waals surface area contributed by atoms with E-state index >= 15 is 0 Å². The van der Waals surface area contributed by atoms with Crippen molar-refractivity contribution in [3.8, 4) is 0 Å². The first-order valence-electron chi connectivity index (χ1n) is 10.4. The Labute approximate surface area is 179 Å². The van der Waals surface area contributed by atoms with Gasteiger partial charge in [-0.2, -0.15) is 0 Å². The van der Waals surface area contributed by atoms with E-state index in [-0.39, 0.29) is 10.8 Å². The number of carbonyl (C=O) groups is 1. The van der Waals surface area contributed by atoms with Crippen LogP contribution < -0.4 is 4.72 Å². The molecule has 8 heteroatoms. The maximum Gasteiger partial charge on any atom is 0.261 e. The van der Waals surface area contributed by atoms with Gasteiger partial charge in [-0.3, -0.25) is 14.5 Å². The van der Waals surface area contributed by atoms with E-state index in [2.05, 4.69) is 21.7 Å². The number of nitrogens with one attached hydrogen (secondary N) is 1. The van der Waals surface area contributed by atoms with Gasteiger partial charge in [-0.05, 0) is 56.3 Å². The number of rotatable bonds is 8. The third-order valence-corrected chi connectivity index (χ3v) is 7.07. The predicted octanol–water partition coefficient (Wildman–Crippen LogP) is 3.22. The van der Waals surface area contributed by atoms with E-state index in [0.717, 1.165) is 6.54 Å². The molecule has 0 unspecified atom stereocenters. The molecular weight excluding hydrogens is 400 g/mol. The normalized spacial score (nSPS) is 15.2. The number of likely N-dealkylation sites (N-methyl/N-ethyl adjacent to an activating group) is 2. The number of hydrogen-bond acceptors (Lipinski definition) is 5. The van der Waals surface area contributed by atoms with Crippen molar-refractivity contribution in [2.75, 3.05) is 31.9 Å². The van der Waals surface area contributed by atoms with Crippen molar-refractivity contribution in [3.63, 3.8) is 0 Å². The Bertz CT molecular complexity index is 927. The zero-order valence-corrected chi connectivity index (χ0v) is 18.4. The summed E-state index contributed by atoms with van der Waals surface area (Å²) in [4.78, 5) is 20.7. The van der Waals surface area contributed by atoms with Crippen LogP contribution in [0, 0.1) is 0 Å². The van der Waals surface area contributed by atoms with Crippen molar-refractivity contribution in [3.05, 3.63) is 54.4 Å². The molecule has 1 fully saturated rings. The number of carbonyl (C=O) groups excluding carboxylic acids is 1. The number of anilines is 1. The molecule has 1 N–H and O–H groups in total. The van der Waals surface area contributed by atoms with Gasteiger partial charge in [0.2, 0.25) is 0 Å². The molecule has 0 saturated heterocycles. The Balaban J connectivity index is 1.57. The van der Waals surface area contributed by atoms with E-state index in [4.69, 9.17) is 0 Å². The quantitative estimate of drug-likeness (QED) is 0.695. The van der Waals surface area contributed by atoms with E-state index in [1.54, 1.807) is 36.2 Å². The number of pyridine rings is 1. The van der Waals surface area contributed by atoms with E-state index in [1.165, 1.54) is 56.6 Å². The van der Waals surface area contributed by atoms with Crippen molar-refractivity contribution in [1.82, 2.24) is 14.8 Å². The molecule has 0 radical (unpaired) electrons. The number of benzene rings is 1. The summed E-state index contributed by atoms with van der Waals surface area (Å²) in [7, 11) is 0.194. The van der Waals surface area contributed by atoms with Crippen LogP contribution in [0.25, 0.3) is 0 Å². The lowest BCUT2D eigenvalue weighted by atomic mass is 9.94. The van der Waals surface area contributed by atoms with Crippen LogP contribution in [-0.2, 0) is 10.0 Å². The maximum atomic E-state index is 12.7. The van der Waals surface area contributed by atoms with Gasteiger partial charge < -0.3 is 9.80 Å². The summed E-state index contributed by atoms with van der Waals surface area (Å²) in [5.41, 5.74) is 0.910. The molecule has 1 amide bonds. The Morgan fingerprint density at radius 3 is 2.27 bits per heavy atom. The first-order valence-corrected chi connectivity index (χ1v) is 11.8. The van der Waals surface area contributed by atoms with Gasteiger partial charge in [0.05, 0.1) is 10.6 Å². The molecule has 1 saturated carbocycles. The average Bonchev–Trinajstić information content (AvgIpc) is 2.77. The van der Waals surface area contributed by atoms with Gasteiger partial charge >= 0.3 is 0 Å². The number of hydrogen-bond donors (Lipinski definition) is 1. The van der Waals surface area contributed by atoms with Crippen LogP contribution in [0.1, 0.15) is 42.5 Å². The summed E-state index contributed by atoms with van der Waals surface area (Å²) in [6, 6.07) is 9.80. The zero-order chi connectivity index (χ0) is 21.6. The maximum absolute atomic E-state index is 12.7. The van der Waals surface area contributed by atoms with Crippen molar-refractivity contribution < 1.29 is 13.2 Å². The molecule has 1 heterocycles. The van der Waals surface area contributed by atoms with Crippen LogP contribution in [0.5, 0.6) is 0 Å². The molecule has 2 aromatic rings. The molecule has 1 aromatic carbocycles. The number of amides is 1. The van der Waals surface area contributed by atoms with Crippen LogP contribution in [0.15, 0.2) is 53.7 Å². The minimum Gasteiger partial charge on any atom is -0.340 e. The SMILES string of the molecule is CN(CCN(C)C1CCCCC1)C(=O)c1ccc(S(=O)(=O)Nc2ccncc2)cc1. The molecule has 0 atom stereocenters. The fraction of sp³-hybridized carbons (Fsp3) is 0.455. The molecule has 1 aliphatic carbocycles. The standard InChI is InChI=1S/C22H30N4O3S/c1-25(20-6-4-3-5-7-20)16-17-26(2)22(27)18-8-10-21(11-9-18)30(28,29)24-19-12-14-23-15-13-19/h8-15,20H,3-7,16-17H2,1-2H3,(H,23,24). The summed E-state index contributed by atoms with van der Waals surface area (Å²) in [5.74, 6) is -0.113. The van der Waals surface area contributed by atoms with Crippen molar-refractivity contribution in [2.45, 2.75) is 43.0 Å². The van der Waals surface area contributed by atoms with Crippen LogP contribution in [0.3, 0.4) is 0 Å². The molecule has 0 bridgehead atoms. The lowest BCUT2D eigenvalue weighted by Crippen LogP contribution is -2.40. The number of nitrogens with zero attached hydrogens (tertiary/aromatic N) is 3. The van der Waals surface area contributed by atoms with Crippen LogP contribution in [-0.4, -0.2) is 62.3 Å². The Morgan fingerprint density at radius 2 is 1.63 bits per heavy atom. The van der Waals surface area contributed by atoms with Gasteiger partial charge in [0.1, 0.15) is 0 Å². The number of sulfonamides is 1. The highest BCUT2D eigenvalue weighted by molar-refractivity contribution is 7.92. The van der Waals surface area contributed by atoms with E-state index in [9.17, 15) is 13.2 Å². The minimum atomic E-state index is -3.72. The highest BCUT2D eigenvalue weighted by atomic mass is 32.2. The van der Waals surface area contributed by atoms with Crippen LogP contribution in [0.4, 0.5) is 5.69 Å². The lowest BCUT2D eigenvalue weighted by Gasteiger charge is -2.32. The second-order valence-corrected chi connectivity index (χ2v) is 9.55. The van der Waals surface area contributed by atoms with Crippen LogP contribution >= 0.6 is 0 Å². The van der Waals surface area contributed by atoms with Crippen molar-refractivity contribution in [1.29, 1.82) is 0 Å². The van der Waals surface area contributed by atoms with Gasteiger partial charge in [0, 0.05) is 44.1 Å². The van der Waals surface area contributed by atoms with E-state index < -0.39 is 10.0 Å². The van der Waals surface area contributed by atoms with Gasteiger partial charge in [-0.15, -0.1) is 0 Å². The fourth-order valence-electron chi connectivity index (χ4n) is 3.74. The van der Waals surface area contributed by atoms with E-state index in [1.807, 2.05) is 0 Å². The topological polar surface area (TPSA) is 82.6 Å². The van der Waals surface area contributed by atoms with Crippen molar-refractivity contribution >= 4 is 21.6 Å². The Hall–Kier alpha value is -2.45. The molecule has 1 aromatic heterocycles. The summed E-state index contributed by atoms with van der Waals surface area (Å²) in [6.45, 7) is 1.46. The summed E-state index contributed by atoms with van der Waals surface area (Å²) in [5, 5.41) is 0. The lowest BCUT2D eigenvalue weighted by molar-refractivity contribution is 0.0767. The highest BCUT2D eigenvalue weighted by Gasteiger charge is 2.20. The molecular formula is C22H30N4O3S. The van der Waals surface area contributed by atoms with Gasteiger partial charge in [-0.1, -0.05) is 19.3 Å². The smallest absolute Gasteiger partial charge is 0.261 e. The summed E-state index contributed by atoms with van der Waals surface area (Å²) >= 11 is 0. The molecule has 0 spiro atoms. The summed E-state index contributed by atoms with van der Waals surface area (Å²) in [6.07, 6.45) is 9.40. The van der Waals surface area contributed by atoms with Gasteiger partial charge in [-0.25, -0.2) is 8.42 Å². The van der Waals surface area contributed by atoms with Crippen molar-refractivity contribution in [2.24, 2.45) is 0 Å². The minimum absolute atomic E-state index is 0.107. The Kier molecular flexibility index (Phi) is 7.44. The molecule has 3 rings (SSSR count). The van der Waals surface area contributed by atoms with Gasteiger partial charge in [0.25, 0.3) is 15.9 Å². The largest absolute Gasteiger partial charge is 0.340 e. The molecule has 7 nitrogen and oxygen atoms in total.